The molecule has 2 unspecified atom stereocenters. The van der Waals surface area contributed by atoms with Gasteiger partial charge in [-0.3, -0.25) is 9.48 Å². The number of amides is 1. The number of nitrogens with zero attached hydrogens (tertiary/aromatic N) is 2. The number of benzene rings is 1. The number of halogens is 1. The summed E-state index contributed by atoms with van der Waals surface area (Å²) in [6.45, 7) is 0.687. The molecule has 1 aliphatic rings. The lowest BCUT2D eigenvalue weighted by atomic mass is 9.89. The topological polar surface area (TPSA) is 46.9 Å². The van der Waals surface area contributed by atoms with Crippen LogP contribution in [0.5, 0.6) is 0 Å². The van der Waals surface area contributed by atoms with Crippen LogP contribution in [0.1, 0.15) is 36.2 Å². The Morgan fingerprint density at radius 2 is 2.24 bits per heavy atom. The Morgan fingerprint density at radius 1 is 1.43 bits per heavy atom. The summed E-state index contributed by atoms with van der Waals surface area (Å²) in [4.78, 5) is 12.4. The SMILES string of the molecule is Cn1nc(C(=O)NCC2CCCC(Cl)C2)c2ccccc21. The summed E-state index contributed by atoms with van der Waals surface area (Å²) < 4.78 is 1.75. The number of carbonyl (C=O) groups excluding carboxylic acids is 1. The smallest absolute Gasteiger partial charge is 0.272 e. The summed E-state index contributed by atoms with van der Waals surface area (Å²) in [5, 5.41) is 8.53. The normalized spacial score (nSPS) is 22.4. The molecule has 2 atom stereocenters. The largest absolute Gasteiger partial charge is 0.350 e. The van der Waals surface area contributed by atoms with Crippen molar-refractivity contribution in [3.63, 3.8) is 0 Å². The van der Waals surface area contributed by atoms with Crippen molar-refractivity contribution >= 4 is 28.4 Å². The molecule has 0 bridgehead atoms. The van der Waals surface area contributed by atoms with Gasteiger partial charge in [0, 0.05) is 24.4 Å². The van der Waals surface area contributed by atoms with Crippen LogP contribution in [-0.2, 0) is 7.05 Å². The van der Waals surface area contributed by atoms with Gasteiger partial charge in [-0.2, -0.15) is 5.10 Å². The molecule has 112 valence electrons. The number of nitrogens with one attached hydrogen (secondary N) is 1. The Labute approximate surface area is 129 Å². The molecule has 0 spiro atoms. The van der Waals surface area contributed by atoms with Crippen molar-refractivity contribution in [1.29, 1.82) is 0 Å². The van der Waals surface area contributed by atoms with Crippen LogP contribution in [0.25, 0.3) is 10.9 Å². The molecular formula is C16H20ClN3O. The molecule has 1 aromatic carbocycles. The van der Waals surface area contributed by atoms with Gasteiger partial charge in [0.1, 0.15) is 0 Å². The van der Waals surface area contributed by atoms with Gasteiger partial charge in [0.15, 0.2) is 5.69 Å². The van der Waals surface area contributed by atoms with E-state index in [2.05, 4.69) is 10.4 Å². The quantitative estimate of drug-likeness (QED) is 0.886. The number of hydrogen-bond acceptors (Lipinski definition) is 2. The van der Waals surface area contributed by atoms with E-state index in [9.17, 15) is 4.79 Å². The first-order chi connectivity index (χ1) is 10.1. The Bertz CT molecular complexity index is 652. The first-order valence-electron chi connectivity index (χ1n) is 7.49. The van der Waals surface area contributed by atoms with Crippen molar-refractivity contribution in [2.45, 2.75) is 31.1 Å². The highest BCUT2D eigenvalue weighted by molar-refractivity contribution is 6.20. The second kappa shape index (κ2) is 6.06. The molecule has 21 heavy (non-hydrogen) atoms. The first kappa shape index (κ1) is 14.4. The van der Waals surface area contributed by atoms with Crippen molar-refractivity contribution in [2.24, 2.45) is 13.0 Å². The Balaban J connectivity index is 1.70. The molecule has 1 N–H and O–H groups in total. The maximum Gasteiger partial charge on any atom is 0.272 e. The van der Waals surface area contributed by atoms with Crippen LogP contribution in [0.15, 0.2) is 24.3 Å². The summed E-state index contributed by atoms with van der Waals surface area (Å²) in [5.41, 5.74) is 1.48. The fourth-order valence-corrected chi connectivity index (χ4v) is 3.52. The number of alkyl halides is 1. The van der Waals surface area contributed by atoms with E-state index in [4.69, 9.17) is 11.6 Å². The van der Waals surface area contributed by atoms with Gasteiger partial charge < -0.3 is 5.32 Å². The van der Waals surface area contributed by atoms with E-state index >= 15 is 0 Å². The number of fused-ring (bicyclic) bond motifs is 1. The number of rotatable bonds is 3. The fraction of sp³-hybridized carbons (Fsp3) is 0.500. The molecule has 2 aromatic rings. The minimum Gasteiger partial charge on any atom is -0.350 e. The van der Waals surface area contributed by atoms with E-state index in [-0.39, 0.29) is 11.3 Å². The lowest BCUT2D eigenvalue weighted by molar-refractivity contribution is 0.0939. The average Bonchev–Trinajstić information content (AvgIpc) is 2.83. The molecule has 1 amide bonds. The van der Waals surface area contributed by atoms with E-state index in [0.29, 0.717) is 18.2 Å². The zero-order valence-electron chi connectivity index (χ0n) is 12.2. The summed E-state index contributed by atoms with van der Waals surface area (Å²) in [6, 6.07) is 7.79. The van der Waals surface area contributed by atoms with Crippen LogP contribution >= 0.6 is 11.6 Å². The van der Waals surface area contributed by atoms with Gasteiger partial charge in [-0.05, 0) is 31.2 Å². The highest BCUT2D eigenvalue weighted by Crippen LogP contribution is 2.27. The highest BCUT2D eigenvalue weighted by Gasteiger charge is 2.22. The third-order valence-corrected chi connectivity index (χ3v) is 4.64. The molecule has 1 saturated carbocycles. The monoisotopic (exact) mass is 305 g/mol. The molecule has 1 heterocycles. The number of hydrogen-bond donors (Lipinski definition) is 1. The molecule has 3 rings (SSSR count). The van der Waals surface area contributed by atoms with Crippen molar-refractivity contribution in [2.75, 3.05) is 6.54 Å². The van der Waals surface area contributed by atoms with E-state index < -0.39 is 0 Å². The zero-order valence-corrected chi connectivity index (χ0v) is 12.9. The predicted molar refractivity (Wildman–Crippen MR) is 84.6 cm³/mol. The number of aryl methyl sites for hydroxylation is 1. The average molecular weight is 306 g/mol. The lowest BCUT2D eigenvalue weighted by Crippen LogP contribution is -2.32. The lowest BCUT2D eigenvalue weighted by Gasteiger charge is -2.25. The summed E-state index contributed by atoms with van der Waals surface area (Å²) in [5.74, 6) is 0.392. The maximum absolute atomic E-state index is 12.4. The van der Waals surface area contributed by atoms with E-state index in [0.717, 1.165) is 36.6 Å². The van der Waals surface area contributed by atoms with Gasteiger partial charge in [0.2, 0.25) is 0 Å². The molecule has 1 fully saturated rings. The van der Waals surface area contributed by atoms with Crippen LogP contribution in [-0.4, -0.2) is 27.6 Å². The van der Waals surface area contributed by atoms with Crippen LogP contribution < -0.4 is 5.32 Å². The summed E-state index contributed by atoms with van der Waals surface area (Å²) in [6.07, 6.45) is 4.38. The first-order valence-corrected chi connectivity index (χ1v) is 7.93. The molecule has 1 aliphatic carbocycles. The van der Waals surface area contributed by atoms with Crippen molar-refractivity contribution in [3.05, 3.63) is 30.0 Å². The highest BCUT2D eigenvalue weighted by atomic mass is 35.5. The Morgan fingerprint density at radius 3 is 3.05 bits per heavy atom. The summed E-state index contributed by atoms with van der Waals surface area (Å²) in [7, 11) is 1.86. The van der Waals surface area contributed by atoms with Crippen LogP contribution in [0.2, 0.25) is 0 Å². The number of aromatic nitrogens is 2. The third kappa shape index (κ3) is 3.05. The van der Waals surface area contributed by atoms with Crippen molar-refractivity contribution in [1.82, 2.24) is 15.1 Å². The molecule has 0 aliphatic heterocycles. The predicted octanol–water partition coefficient (Wildman–Crippen LogP) is 3.10. The van der Waals surface area contributed by atoms with Crippen LogP contribution in [0.4, 0.5) is 0 Å². The molecule has 1 aromatic heterocycles. The maximum atomic E-state index is 12.4. The summed E-state index contributed by atoms with van der Waals surface area (Å²) >= 11 is 6.20. The minimum absolute atomic E-state index is 0.0940. The zero-order chi connectivity index (χ0) is 14.8. The van der Waals surface area contributed by atoms with Gasteiger partial charge >= 0.3 is 0 Å². The molecule has 0 radical (unpaired) electrons. The molecule has 4 nitrogen and oxygen atoms in total. The van der Waals surface area contributed by atoms with Gasteiger partial charge in [-0.1, -0.05) is 24.6 Å². The van der Waals surface area contributed by atoms with Gasteiger partial charge in [-0.15, -0.1) is 11.6 Å². The number of para-hydroxylation sites is 1. The number of carbonyl (C=O) groups is 1. The van der Waals surface area contributed by atoms with Crippen molar-refractivity contribution < 1.29 is 4.79 Å². The molecule has 5 heteroatoms. The Kier molecular flexibility index (Phi) is 4.15. The van der Waals surface area contributed by atoms with E-state index in [1.165, 1.54) is 0 Å². The molecular weight excluding hydrogens is 286 g/mol. The molecule has 0 saturated heterocycles. The Hall–Kier alpha value is -1.55. The second-order valence-electron chi connectivity index (χ2n) is 5.83. The van der Waals surface area contributed by atoms with Crippen molar-refractivity contribution in [3.8, 4) is 0 Å². The minimum atomic E-state index is -0.0940. The third-order valence-electron chi connectivity index (χ3n) is 4.24. The van der Waals surface area contributed by atoms with Crippen LogP contribution in [0.3, 0.4) is 0 Å². The second-order valence-corrected chi connectivity index (χ2v) is 6.45. The van der Waals surface area contributed by atoms with Gasteiger partial charge in [0.25, 0.3) is 5.91 Å². The standard InChI is InChI=1S/C16H20ClN3O/c1-20-14-8-3-2-7-13(14)15(19-20)16(21)18-10-11-5-4-6-12(17)9-11/h2-3,7-8,11-12H,4-6,9-10H2,1H3,(H,18,21). The fourth-order valence-electron chi connectivity index (χ4n) is 3.11. The van der Waals surface area contributed by atoms with E-state index in [1.807, 2.05) is 31.3 Å². The van der Waals surface area contributed by atoms with Gasteiger partial charge in [-0.25, -0.2) is 0 Å². The van der Waals surface area contributed by atoms with Gasteiger partial charge in [0.05, 0.1) is 5.52 Å². The van der Waals surface area contributed by atoms with Crippen LogP contribution in [0, 0.1) is 5.92 Å². The van der Waals surface area contributed by atoms with E-state index in [1.54, 1.807) is 4.68 Å².